The van der Waals surface area contributed by atoms with Gasteiger partial charge in [0.2, 0.25) is 0 Å². The van der Waals surface area contributed by atoms with Crippen molar-refractivity contribution in [1.82, 2.24) is 9.78 Å². The van der Waals surface area contributed by atoms with E-state index in [9.17, 15) is 8.78 Å². The fourth-order valence-corrected chi connectivity index (χ4v) is 1.97. The fourth-order valence-electron chi connectivity index (χ4n) is 1.97. The summed E-state index contributed by atoms with van der Waals surface area (Å²) in [4.78, 5) is 0. The fraction of sp³-hybridized carbons (Fsp3) is 0.750. The highest BCUT2D eigenvalue weighted by Crippen LogP contribution is 2.37. The molecule has 1 aromatic heterocycles. The van der Waals surface area contributed by atoms with Crippen LogP contribution in [0.2, 0.25) is 0 Å². The maximum absolute atomic E-state index is 13.1. The molecule has 2 heterocycles. The van der Waals surface area contributed by atoms with Crippen LogP contribution in [0.15, 0.2) is 6.20 Å². The van der Waals surface area contributed by atoms with Crippen LogP contribution in [-0.4, -0.2) is 35.2 Å². The zero-order valence-corrected chi connectivity index (χ0v) is 12.3. The summed E-state index contributed by atoms with van der Waals surface area (Å²) in [5.74, 6) is 0. The van der Waals surface area contributed by atoms with Gasteiger partial charge in [-0.05, 0) is 27.7 Å². The first-order valence-electron chi connectivity index (χ1n) is 6.38. The Morgan fingerprint density at radius 3 is 2.30 bits per heavy atom. The Bertz CT molecular complexity index is 475. The summed E-state index contributed by atoms with van der Waals surface area (Å²) in [6, 6.07) is 0. The predicted molar refractivity (Wildman–Crippen MR) is 69.9 cm³/mol. The first-order chi connectivity index (χ1) is 9.18. The van der Waals surface area contributed by atoms with Gasteiger partial charge in [-0.2, -0.15) is 5.10 Å². The largest absolute Gasteiger partial charge is 0.498 e. The van der Waals surface area contributed by atoms with Crippen LogP contribution in [-0.2, 0) is 20.8 Å². The lowest BCUT2D eigenvalue weighted by molar-refractivity contribution is 0.00578. The van der Waals surface area contributed by atoms with Crippen molar-refractivity contribution in [3.8, 4) is 0 Å². The number of methoxy groups -OCH3 is 1. The average Bonchev–Trinajstić information content (AvgIpc) is 2.79. The van der Waals surface area contributed by atoms with Crippen molar-refractivity contribution in [2.45, 2.75) is 52.1 Å². The van der Waals surface area contributed by atoms with Gasteiger partial charge in [-0.1, -0.05) is 0 Å². The third kappa shape index (κ3) is 2.59. The monoisotopic (exact) mass is 288 g/mol. The first kappa shape index (κ1) is 15.4. The highest BCUT2D eigenvalue weighted by atomic mass is 19.3. The molecule has 1 aliphatic rings. The maximum atomic E-state index is 13.1. The number of nitrogens with zero attached hydrogens (tertiary/aromatic N) is 2. The molecule has 8 heteroatoms. The number of ether oxygens (including phenoxy) is 1. The molecule has 0 saturated carbocycles. The zero-order chi connectivity index (χ0) is 15.1. The molecule has 0 aromatic carbocycles. The van der Waals surface area contributed by atoms with E-state index in [4.69, 9.17) is 14.0 Å². The average molecular weight is 288 g/mol. The van der Waals surface area contributed by atoms with Crippen LogP contribution in [0.5, 0.6) is 0 Å². The minimum Gasteiger partial charge on any atom is -0.399 e. The third-order valence-electron chi connectivity index (χ3n) is 3.80. The van der Waals surface area contributed by atoms with Crippen molar-refractivity contribution in [3.63, 3.8) is 0 Å². The number of halogens is 2. The summed E-state index contributed by atoms with van der Waals surface area (Å²) in [5, 5.41) is 3.82. The van der Waals surface area contributed by atoms with E-state index in [-0.39, 0.29) is 17.9 Å². The van der Waals surface area contributed by atoms with Gasteiger partial charge in [0.25, 0.3) is 6.43 Å². The highest BCUT2D eigenvalue weighted by Gasteiger charge is 2.53. The third-order valence-corrected chi connectivity index (χ3v) is 3.80. The van der Waals surface area contributed by atoms with Gasteiger partial charge in [0.15, 0.2) is 0 Å². The molecule has 5 nitrogen and oxygen atoms in total. The van der Waals surface area contributed by atoms with Crippen LogP contribution in [0, 0.1) is 0 Å². The Labute approximate surface area is 117 Å². The Hall–Kier alpha value is -0.985. The van der Waals surface area contributed by atoms with Crippen LogP contribution in [0.1, 0.15) is 39.8 Å². The van der Waals surface area contributed by atoms with Crippen LogP contribution in [0.3, 0.4) is 0 Å². The molecule has 0 unspecified atom stereocenters. The number of rotatable bonds is 4. The lowest BCUT2D eigenvalue weighted by atomic mass is 9.79. The standard InChI is InChI=1S/C12H19BF2N2O3/c1-11(2)12(3,4)20-13(19-11)8-6-17(7-18-5)16-9(8)10(14)15/h6,10H,7H2,1-5H3. The number of hydrogen-bond acceptors (Lipinski definition) is 4. The van der Waals surface area contributed by atoms with E-state index in [0.29, 0.717) is 0 Å². The van der Waals surface area contributed by atoms with E-state index in [1.54, 1.807) is 0 Å². The quantitative estimate of drug-likeness (QED) is 0.791. The Balaban J connectivity index is 2.33. The summed E-state index contributed by atoms with van der Waals surface area (Å²) in [6.07, 6.45) is -1.21. The molecule has 0 atom stereocenters. The van der Waals surface area contributed by atoms with Gasteiger partial charge in [-0.15, -0.1) is 0 Å². The maximum Gasteiger partial charge on any atom is 0.498 e. The summed E-state index contributed by atoms with van der Waals surface area (Å²) >= 11 is 0. The molecule has 0 N–H and O–H groups in total. The molecular weight excluding hydrogens is 269 g/mol. The topological polar surface area (TPSA) is 45.5 Å². The van der Waals surface area contributed by atoms with Crippen molar-refractivity contribution >= 4 is 12.6 Å². The molecule has 0 spiro atoms. The van der Waals surface area contributed by atoms with Gasteiger partial charge in [-0.3, -0.25) is 0 Å². The Morgan fingerprint density at radius 1 is 1.30 bits per heavy atom. The molecule has 0 radical (unpaired) electrons. The van der Waals surface area contributed by atoms with Gasteiger partial charge in [0.1, 0.15) is 12.4 Å². The van der Waals surface area contributed by atoms with Crippen molar-refractivity contribution in [2.75, 3.05) is 7.11 Å². The Morgan fingerprint density at radius 2 is 1.85 bits per heavy atom. The van der Waals surface area contributed by atoms with Crippen LogP contribution in [0.4, 0.5) is 8.78 Å². The summed E-state index contributed by atoms with van der Waals surface area (Å²) < 4.78 is 44.0. The van der Waals surface area contributed by atoms with Crippen LogP contribution >= 0.6 is 0 Å². The molecule has 20 heavy (non-hydrogen) atoms. The molecule has 112 valence electrons. The van der Waals surface area contributed by atoms with Crippen molar-refractivity contribution in [3.05, 3.63) is 11.9 Å². The zero-order valence-electron chi connectivity index (χ0n) is 12.3. The summed E-state index contributed by atoms with van der Waals surface area (Å²) in [7, 11) is 0.618. The van der Waals surface area contributed by atoms with Crippen LogP contribution in [0.25, 0.3) is 0 Å². The van der Waals surface area contributed by atoms with Gasteiger partial charge < -0.3 is 14.0 Å². The number of alkyl halides is 2. The summed E-state index contributed by atoms with van der Waals surface area (Å²) in [6.45, 7) is 7.58. The van der Waals surface area contributed by atoms with Gasteiger partial charge in [0, 0.05) is 18.8 Å². The highest BCUT2D eigenvalue weighted by molar-refractivity contribution is 6.62. The molecule has 0 amide bonds. The number of hydrogen-bond donors (Lipinski definition) is 0. The smallest absolute Gasteiger partial charge is 0.399 e. The molecule has 2 rings (SSSR count). The summed E-state index contributed by atoms with van der Waals surface area (Å²) in [5.41, 5.74) is -1.25. The second kappa shape index (κ2) is 5.09. The normalized spacial score (nSPS) is 20.9. The minimum absolute atomic E-state index is 0.0965. The van der Waals surface area contributed by atoms with Crippen LogP contribution < -0.4 is 5.46 Å². The molecule has 1 saturated heterocycles. The molecular formula is C12H19BF2N2O3. The molecule has 1 fully saturated rings. The lowest BCUT2D eigenvalue weighted by Crippen LogP contribution is -2.41. The van der Waals surface area contributed by atoms with Crippen molar-refractivity contribution in [1.29, 1.82) is 0 Å². The van der Waals surface area contributed by atoms with E-state index >= 15 is 0 Å². The Kier molecular flexibility index (Phi) is 3.92. The lowest BCUT2D eigenvalue weighted by Gasteiger charge is -2.32. The number of aromatic nitrogens is 2. The van der Waals surface area contributed by atoms with Gasteiger partial charge >= 0.3 is 7.12 Å². The second-order valence-corrected chi connectivity index (χ2v) is 5.82. The van der Waals surface area contributed by atoms with Crippen molar-refractivity contribution in [2.24, 2.45) is 0 Å². The van der Waals surface area contributed by atoms with E-state index in [1.807, 2.05) is 27.7 Å². The van der Waals surface area contributed by atoms with Gasteiger partial charge in [0.05, 0.1) is 11.2 Å². The van der Waals surface area contributed by atoms with E-state index < -0.39 is 24.7 Å². The molecule has 0 aliphatic carbocycles. The molecule has 1 aliphatic heterocycles. The van der Waals surface area contributed by atoms with E-state index in [2.05, 4.69) is 5.10 Å². The second-order valence-electron chi connectivity index (χ2n) is 5.82. The minimum atomic E-state index is -2.69. The van der Waals surface area contributed by atoms with Crippen molar-refractivity contribution < 1.29 is 22.8 Å². The van der Waals surface area contributed by atoms with E-state index in [1.165, 1.54) is 18.0 Å². The molecule has 1 aromatic rings. The SMILES string of the molecule is COCn1cc(B2OC(C)(C)C(C)(C)O2)c(C(F)F)n1. The predicted octanol–water partition coefficient (Wildman–Crippen LogP) is 1.72. The van der Waals surface area contributed by atoms with Gasteiger partial charge in [-0.25, -0.2) is 13.5 Å². The first-order valence-corrected chi connectivity index (χ1v) is 6.38. The van der Waals surface area contributed by atoms with E-state index in [0.717, 1.165) is 0 Å². The molecule has 0 bridgehead atoms.